The number of amides is 4. The third-order valence-electron chi connectivity index (χ3n) is 5.72. The largest absolute Gasteiger partial charge is 0.378 e. The van der Waals surface area contributed by atoms with Gasteiger partial charge in [0.15, 0.2) is 0 Å². The highest BCUT2D eigenvalue weighted by Crippen LogP contribution is 2.25. The number of urea groups is 1. The quantitative estimate of drug-likeness (QED) is 0.626. The highest BCUT2D eigenvalue weighted by atomic mass is 16.2. The number of rotatable bonds is 4. The molecule has 3 aromatic rings. The van der Waals surface area contributed by atoms with Crippen LogP contribution in [0.1, 0.15) is 11.1 Å². The smallest absolute Gasteiger partial charge is 0.328 e. The lowest BCUT2D eigenvalue weighted by atomic mass is 9.93. The van der Waals surface area contributed by atoms with Crippen LogP contribution in [-0.2, 0) is 9.59 Å². The van der Waals surface area contributed by atoms with Crippen molar-refractivity contribution in [3.05, 3.63) is 94.4 Å². The van der Waals surface area contributed by atoms with Crippen molar-refractivity contribution in [3.8, 4) is 0 Å². The molecule has 0 atom stereocenters. The zero-order valence-corrected chi connectivity index (χ0v) is 19.5. The molecule has 1 aliphatic rings. The van der Waals surface area contributed by atoms with E-state index < -0.39 is 17.8 Å². The van der Waals surface area contributed by atoms with Gasteiger partial charge in [0.25, 0.3) is 11.8 Å². The lowest BCUT2D eigenvalue weighted by Gasteiger charge is -2.17. The van der Waals surface area contributed by atoms with Crippen LogP contribution in [0.4, 0.5) is 16.2 Å². The Morgan fingerprint density at radius 3 is 1.50 bits per heavy atom. The summed E-state index contributed by atoms with van der Waals surface area (Å²) in [6.07, 6.45) is 0. The number of carbonyl (C=O) groups excluding carboxylic acids is 3. The molecule has 1 aliphatic heterocycles. The Balaban J connectivity index is 2.08. The van der Waals surface area contributed by atoms with E-state index in [-0.39, 0.29) is 5.57 Å². The van der Waals surface area contributed by atoms with Gasteiger partial charge in [0.2, 0.25) is 0 Å². The van der Waals surface area contributed by atoms with Crippen molar-refractivity contribution in [1.82, 2.24) is 10.6 Å². The third kappa shape index (κ3) is 4.41. The summed E-state index contributed by atoms with van der Waals surface area (Å²) < 4.78 is 0. The topological polar surface area (TPSA) is 81.8 Å². The summed E-state index contributed by atoms with van der Waals surface area (Å²) >= 11 is 0. The highest BCUT2D eigenvalue weighted by molar-refractivity contribution is 6.46. The van der Waals surface area contributed by atoms with Crippen LogP contribution in [0.15, 0.2) is 72.8 Å². The van der Waals surface area contributed by atoms with Gasteiger partial charge in [-0.3, -0.25) is 20.2 Å². The molecule has 7 heteroatoms. The van der Waals surface area contributed by atoms with E-state index in [4.69, 9.17) is 0 Å². The summed E-state index contributed by atoms with van der Waals surface area (Å²) in [5, 5.41) is 5.52. The van der Waals surface area contributed by atoms with Crippen molar-refractivity contribution in [2.75, 3.05) is 38.0 Å². The SMILES string of the molecule is CN(C)c1ccc(C(c2ccc(N(C)C)cc2)=c2ccccc2=C2C(=O)NC(=O)NC2=O)cc1. The van der Waals surface area contributed by atoms with Crippen LogP contribution in [-0.4, -0.2) is 46.0 Å². The number of barbiturate groups is 1. The zero-order valence-electron chi connectivity index (χ0n) is 19.5. The Bertz CT molecular complexity index is 1310. The number of anilines is 2. The molecule has 0 unspecified atom stereocenters. The van der Waals surface area contributed by atoms with Gasteiger partial charge in [-0.05, 0) is 46.2 Å². The maximum Gasteiger partial charge on any atom is 0.328 e. The first kappa shape index (κ1) is 22.8. The van der Waals surface area contributed by atoms with Crippen molar-refractivity contribution in [2.24, 2.45) is 0 Å². The van der Waals surface area contributed by atoms with Gasteiger partial charge < -0.3 is 9.80 Å². The fourth-order valence-corrected chi connectivity index (χ4v) is 3.96. The van der Waals surface area contributed by atoms with Crippen LogP contribution in [0.2, 0.25) is 0 Å². The molecule has 4 amide bonds. The fourth-order valence-electron chi connectivity index (χ4n) is 3.96. The van der Waals surface area contributed by atoms with Crippen LogP contribution in [0.25, 0.3) is 11.1 Å². The molecular formula is C27H26N4O3. The summed E-state index contributed by atoms with van der Waals surface area (Å²) in [5.74, 6) is -1.43. The van der Waals surface area contributed by atoms with Crippen molar-refractivity contribution < 1.29 is 14.4 Å². The van der Waals surface area contributed by atoms with Crippen LogP contribution in [0, 0.1) is 0 Å². The average Bonchev–Trinajstić information content (AvgIpc) is 2.80. The van der Waals surface area contributed by atoms with Crippen LogP contribution in [0.3, 0.4) is 0 Å². The molecule has 4 rings (SSSR count). The molecule has 7 nitrogen and oxygen atoms in total. The van der Waals surface area contributed by atoms with E-state index in [1.54, 1.807) is 12.1 Å². The van der Waals surface area contributed by atoms with Gasteiger partial charge in [0.1, 0.15) is 5.57 Å². The van der Waals surface area contributed by atoms with E-state index in [0.717, 1.165) is 28.1 Å². The summed E-state index contributed by atoms with van der Waals surface area (Å²) in [6.45, 7) is 0. The molecule has 3 aromatic carbocycles. The van der Waals surface area contributed by atoms with Crippen LogP contribution >= 0.6 is 0 Å². The van der Waals surface area contributed by atoms with Gasteiger partial charge in [-0.2, -0.15) is 0 Å². The minimum atomic E-state index is -0.820. The van der Waals surface area contributed by atoms with Crippen molar-refractivity contribution in [2.45, 2.75) is 0 Å². The first-order chi connectivity index (χ1) is 16.3. The molecule has 0 radical (unpaired) electrons. The van der Waals surface area contributed by atoms with Gasteiger partial charge in [-0.25, -0.2) is 4.79 Å². The highest BCUT2D eigenvalue weighted by Gasteiger charge is 2.28. The van der Waals surface area contributed by atoms with Gasteiger partial charge in [-0.1, -0.05) is 48.5 Å². The molecule has 172 valence electrons. The zero-order chi connectivity index (χ0) is 24.4. The maximum absolute atomic E-state index is 12.7. The Kier molecular flexibility index (Phi) is 6.19. The predicted molar refractivity (Wildman–Crippen MR) is 134 cm³/mol. The summed E-state index contributed by atoms with van der Waals surface area (Å²) in [7, 11) is 7.92. The van der Waals surface area contributed by atoms with Crippen LogP contribution < -0.4 is 30.9 Å². The van der Waals surface area contributed by atoms with E-state index in [0.29, 0.717) is 10.4 Å². The summed E-state index contributed by atoms with van der Waals surface area (Å²) in [5.41, 5.74) is 4.75. The number of nitrogens with one attached hydrogen (secondary N) is 2. The van der Waals surface area contributed by atoms with E-state index >= 15 is 0 Å². The van der Waals surface area contributed by atoms with E-state index in [1.165, 1.54) is 0 Å². The second-order valence-electron chi connectivity index (χ2n) is 8.42. The molecule has 1 heterocycles. The molecule has 34 heavy (non-hydrogen) atoms. The monoisotopic (exact) mass is 454 g/mol. The second-order valence-corrected chi connectivity index (χ2v) is 8.42. The van der Waals surface area contributed by atoms with Crippen molar-refractivity contribution in [3.63, 3.8) is 0 Å². The summed E-state index contributed by atoms with van der Waals surface area (Å²) in [6, 6.07) is 22.6. The lowest BCUT2D eigenvalue weighted by molar-refractivity contribution is -0.121. The van der Waals surface area contributed by atoms with Gasteiger partial charge >= 0.3 is 6.03 Å². The van der Waals surface area contributed by atoms with Crippen molar-refractivity contribution in [1.29, 1.82) is 0 Å². The third-order valence-corrected chi connectivity index (χ3v) is 5.72. The number of hydrogen-bond acceptors (Lipinski definition) is 5. The molecule has 0 saturated carbocycles. The average molecular weight is 455 g/mol. The van der Waals surface area contributed by atoms with Gasteiger partial charge in [0, 0.05) is 44.8 Å². The molecular weight excluding hydrogens is 428 g/mol. The molecule has 0 aliphatic carbocycles. The predicted octanol–water partition coefficient (Wildman–Crippen LogP) is 1.58. The standard InChI is InChI=1S/C27H26N4O3/c1-30(2)19-13-9-17(10-14-19)23(18-11-15-20(16-12-18)31(3)4)21-7-5-6-8-22(21)24-25(32)28-27(34)29-26(24)33/h5-16H,1-4H3,(H2,28,29,32,33,34). The first-order valence-electron chi connectivity index (χ1n) is 10.8. The molecule has 0 aromatic heterocycles. The Hall–Kier alpha value is -4.39. The normalized spacial score (nSPS) is 13.3. The van der Waals surface area contributed by atoms with Gasteiger partial charge in [-0.15, -0.1) is 0 Å². The maximum atomic E-state index is 12.7. The summed E-state index contributed by atoms with van der Waals surface area (Å²) in [4.78, 5) is 41.0. The van der Waals surface area contributed by atoms with E-state index in [9.17, 15) is 14.4 Å². The van der Waals surface area contributed by atoms with E-state index in [2.05, 4.69) is 10.6 Å². The first-order valence-corrected chi connectivity index (χ1v) is 10.8. The lowest BCUT2D eigenvalue weighted by Crippen LogP contribution is -2.54. The number of hydrogen-bond donors (Lipinski definition) is 2. The number of carbonyl (C=O) groups is 3. The van der Waals surface area contributed by atoms with Gasteiger partial charge in [0.05, 0.1) is 0 Å². The van der Waals surface area contributed by atoms with Crippen molar-refractivity contribution >= 4 is 40.4 Å². The minimum Gasteiger partial charge on any atom is -0.378 e. The molecule has 1 saturated heterocycles. The number of benzene rings is 3. The molecule has 2 N–H and O–H groups in total. The molecule has 0 spiro atoms. The Morgan fingerprint density at radius 2 is 1.06 bits per heavy atom. The fraction of sp³-hybridized carbons (Fsp3) is 0.148. The van der Waals surface area contributed by atoms with Crippen LogP contribution in [0.5, 0.6) is 0 Å². The Morgan fingerprint density at radius 1 is 0.618 bits per heavy atom. The molecule has 1 fully saturated rings. The minimum absolute atomic E-state index is 0.0949. The molecule has 0 bridgehead atoms. The Labute approximate surface area is 198 Å². The second kappa shape index (κ2) is 9.23. The number of imide groups is 2. The van der Waals surface area contributed by atoms with E-state index in [1.807, 2.05) is 98.7 Å². The number of nitrogens with zero attached hydrogens (tertiary/aromatic N) is 2.